The maximum atomic E-state index is 13.4. The topological polar surface area (TPSA) is 305 Å². The Labute approximate surface area is 474 Å². The number of hydrogen-bond acceptors (Lipinski definition) is 14. The first-order chi connectivity index (χ1) is 35.7. The normalized spacial score (nSPS) is 15.3. The van der Waals surface area contributed by atoms with Gasteiger partial charge in [-0.25, -0.2) is 29.1 Å². The van der Waals surface area contributed by atoms with Crippen LogP contribution < -0.4 is 47.5 Å². The van der Waals surface area contributed by atoms with Crippen LogP contribution in [0.4, 0.5) is 32.6 Å². The molecule has 4 aromatic heterocycles. The van der Waals surface area contributed by atoms with E-state index in [1.54, 1.807) is 114 Å². The van der Waals surface area contributed by atoms with Crippen molar-refractivity contribution in [2.45, 2.75) is 98.4 Å². The molecule has 6 N–H and O–H groups in total. The summed E-state index contributed by atoms with van der Waals surface area (Å²) in [6, 6.07) is 16.6. The number of rotatable bonds is 11. The minimum Gasteiger partial charge on any atom is -0.870 e. The summed E-state index contributed by atoms with van der Waals surface area (Å²) in [6.45, 7) is 13.4. The maximum Gasteiger partial charge on any atom is 1.00 e. The van der Waals surface area contributed by atoms with Gasteiger partial charge in [-0.3, -0.25) is 19.2 Å². The number of carboxylic acids is 1. The number of pyridine rings is 2. The van der Waals surface area contributed by atoms with E-state index in [9.17, 15) is 41.1 Å². The average Bonchev–Trinajstić information content (AvgIpc) is 3.76. The maximum absolute atomic E-state index is 13.4. The molecule has 0 atom stereocenters. The summed E-state index contributed by atoms with van der Waals surface area (Å²) in [5, 5.41) is 17.1. The van der Waals surface area contributed by atoms with Crippen LogP contribution in [0.2, 0.25) is 10.0 Å². The zero-order valence-corrected chi connectivity index (χ0v) is 47.5. The van der Waals surface area contributed by atoms with Crippen LogP contribution >= 0.6 is 23.2 Å². The number of benzene rings is 2. The van der Waals surface area contributed by atoms with Gasteiger partial charge in [-0.15, -0.1) is 0 Å². The molecule has 2 fully saturated rings. The van der Waals surface area contributed by atoms with Crippen LogP contribution in [0.1, 0.15) is 106 Å². The Morgan fingerprint density at radius 3 is 1.46 bits per heavy atom. The Morgan fingerprint density at radius 1 is 0.654 bits per heavy atom. The van der Waals surface area contributed by atoms with Crippen LogP contribution in [0.3, 0.4) is 0 Å². The molecule has 0 saturated carbocycles. The molecule has 28 heteroatoms. The molecular weight excluding hydrogens is 1090 g/mol. The van der Waals surface area contributed by atoms with Gasteiger partial charge in [-0.2, -0.15) is 26.3 Å². The second kappa shape index (κ2) is 25.8. The third kappa shape index (κ3) is 15.4. The number of aromatic nitrogens is 4. The largest absolute Gasteiger partial charge is 1.00 e. The third-order valence-corrected chi connectivity index (χ3v) is 15.0. The van der Waals surface area contributed by atoms with Crippen LogP contribution in [0.5, 0.6) is 0 Å². The van der Waals surface area contributed by atoms with Gasteiger partial charge in [0.05, 0.1) is 29.0 Å². The summed E-state index contributed by atoms with van der Waals surface area (Å²) in [6.07, 6.45) is 4.13. The zero-order valence-electron chi connectivity index (χ0n) is 44.3. The van der Waals surface area contributed by atoms with Gasteiger partial charge >= 0.3 is 63.4 Å². The standard InChI is InChI=1S/C26H32ClN5O6S.C24H28ClN5O6S.Li.H2O/c1-5-37-24(33)23-22(32-13-7-6-11-29-39(32,35)36)19-15-18(27)8-9-20(19)31(23)16-17-10-12-28-21(14-17)30-25(34)38-26(2,3)4;1-24(2,3)36-23(33)28-19-12-15(8-10-26-19)14-29-18-7-6-16(25)13-17(18)20(21(29)22(31)32)30-11-5-4-9-27-37(30,34)35;;/h8-10,12,14-15,29H,5-7,11,13,16H2,1-4H3,(H,28,30,34);6-8,10,12-13,27H,4-5,9,11,14H2,1-3H3,(H,31,32)(H,26,28,33);;1H2/q;;+1;/p-1. The number of nitrogens with one attached hydrogen (secondary N) is 4. The Kier molecular flexibility index (Phi) is 20.7. The first-order valence-electron chi connectivity index (χ1n) is 24.2. The number of carbonyl (C=O) groups is 4. The molecule has 416 valence electrons. The molecule has 2 aliphatic rings. The second-order valence-corrected chi connectivity index (χ2v) is 23.9. The molecule has 23 nitrogen and oxygen atoms in total. The Hall–Kier alpha value is -6.14. The number of halogens is 2. The number of carbonyl (C=O) groups excluding carboxylic acids is 3. The molecule has 0 aliphatic carbocycles. The molecular formula is C50H61Cl2LiN10O13S2. The van der Waals surface area contributed by atoms with E-state index in [-0.39, 0.29) is 98.1 Å². The summed E-state index contributed by atoms with van der Waals surface area (Å²) < 4.78 is 79.2. The molecule has 2 saturated heterocycles. The monoisotopic (exact) mass is 1150 g/mol. The van der Waals surface area contributed by atoms with Crippen LogP contribution in [-0.2, 0) is 47.7 Å². The molecule has 6 aromatic rings. The van der Waals surface area contributed by atoms with Gasteiger partial charge in [0.1, 0.15) is 22.8 Å². The van der Waals surface area contributed by atoms with Crippen molar-refractivity contribution in [3.8, 4) is 0 Å². The van der Waals surface area contributed by atoms with Gasteiger partial charge in [-0.05, 0) is 146 Å². The first-order valence-corrected chi connectivity index (χ1v) is 27.9. The molecule has 2 aromatic carbocycles. The van der Waals surface area contributed by atoms with Crippen LogP contribution in [0.25, 0.3) is 21.8 Å². The van der Waals surface area contributed by atoms with Crippen molar-refractivity contribution in [3.05, 3.63) is 106 Å². The number of fused-ring (bicyclic) bond motifs is 2. The Morgan fingerprint density at radius 2 is 1.06 bits per heavy atom. The van der Waals surface area contributed by atoms with Crippen molar-refractivity contribution in [3.63, 3.8) is 0 Å². The summed E-state index contributed by atoms with van der Waals surface area (Å²) in [4.78, 5) is 58.8. The molecule has 8 rings (SSSR count). The van der Waals surface area contributed by atoms with E-state index >= 15 is 0 Å². The molecule has 0 bridgehead atoms. The SMILES string of the molecule is CC(C)(C)OC(=O)Nc1cc(Cn2c(C(=O)O)c(N3CCCCNS3(=O)=O)c3cc(Cl)ccc32)ccn1.CCOC(=O)c1c(N2CCCCNS2(=O)=O)c2cc(Cl)ccc2n1Cc1ccnc(NC(=O)OC(C)(C)C)c1.[Li+].[OH-]. The second-order valence-electron chi connectivity index (χ2n) is 19.6. The molecule has 0 spiro atoms. The van der Waals surface area contributed by atoms with E-state index in [0.29, 0.717) is 75.2 Å². The van der Waals surface area contributed by atoms with Crippen molar-refractivity contribution in [2.75, 3.05) is 52.0 Å². The summed E-state index contributed by atoms with van der Waals surface area (Å²) in [5.74, 6) is -1.47. The molecule has 2 aliphatic heterocycles. The molecule has 78 heavy (non-hydrogen) atoms. The van der Waals surface area contributed by atoms with Crippen molar-refractivity contribution in [1.29, 1.82) is 0 Å². The molecule has 6 heterocycles. The fourth-order valence-electron chi connectivity index (χ4n) is 8.56. The zero-order chi connectivity index (χ0) is 55.3. The summed E-state index contributed by atoms with van der Waals surface area (Å²) in [7, 11) is -7.91. The predicted octanol–water partition coefficient (Wildman–Crippen LogP) is 5.74. The van der Waals surface area contributed by atoms with Gasteiger partial charge in [0.15, 0.2) is 11.4 Å². The quantitative estimate of drug-likeness (QED) is 0.0587. The van der Waals surface area contributed by atoms with E-state index in [4.69, 9.17) is 37.4 Å². The van der Waals surface area contributed by atoms with Gasteiger partial charge in [0.2, 0.25) is 0 Å². The number of amides is 2. The average molecular weight is 1150 g/mol. The van der Waals surface area contributed by atoms with Gasteiger partial charge in [0, 0.05) is 72.5 Å². The minimum absolute atomic E-state index is 0. The number of nitrogens with zero attached hydrogens (tertiary/aromatic N) is 6. The third-order valence-electron chi connectivity index (χ3n) is 11.5. The number of hydrogen-bond donors (Lipinski definition) is 5. The Bertz CT molecular complexity index is 3420. The van der Waals surface area contributed by atoms with Gasteiger partial charge in [0.25, 0.3) is 0 Å². The van der Waals surface area contributed by atoms with Gasteiger partial charge < -0.3 is 33.9 Å². The smallest absolute Gasteiger partial charge is 0.870 e. The molecule has 0 unspecified atom stereocenters. The van der Waals surface area contributed by atoms with Gasteiger partial charge in [-0.1, -0.05) is 23.2 Å². The van der Waals surface area contributed by atoms with E-state index in [0.717, 1.165) is 4.31 Å². The molecule has 0 radical (unpaired) electrons. The summed E-state index contributed by atoms with van der Waals surface area (Å²) >= 11 is 12.6. The number of aromatic carboxylic acids is 1. The van der Waals surface area contributed by atoms with Crippen LogP contribution in [-0.4, -0.2) is 115 Å². The van der Waals surface area contributed by atoms with E-state index in [1.165, 1.54) is 21.3 Å². The number of ether oxygens (including phenoxy) is 3. The number of carboxylic acid groups (broad SMARTS) is 1. The Balaban J connectivity index is 0.000000281. The molecule has 2 amide bonds. The van der Waals surface area contributed by atoms with Crippen molar-refractivity contribution in [1.82, 2.24) is 28.5 Å². The minimum atomic E-state index is -3.98. The van der Waals surface area contributed by atoms with E-state index in [1.807, 2.05) is 0 Å². The number of esters is 1. The van der Waals surface area contributed by atoms with E-state index in [2.05, 4.69) is 30.0 Å². The summed E-state index contributed by atoms with van der Waals surface area (Å²) in [5.41, 5.74) is 1.19. The van der Waals surface area contributed by atoms with Crippen molar-refractivity contribution >= 4 is 113 Å². The van der Waals surface area contributed by atoms with Crippen LogP contribution in [0.15, 0.2) is 73.1 Å². The fraction of sp³-hybridized carbons (Fsp3) is 0.400. The fourth-order valence-corrected chi connectivity index (χ4v) is 11.6. The predicted molar refractivity (Wildman–Crippen MR) is 292 cm³/mol. The van der Waals surface area contributed by atoms with E-state index < -0.39 is 55.7 Å². The van der Waals surface area contributed by atoms with Crippen LogP contribution in [0, 0.1) is 0 Å². The first kappa shape index (κ1) is 62.7. The van der Waals surface area contributed by atoms with Crippen molar-refractivity contribution in [2.24, 2.45) is 0 Å². The number of anilines is 4. The van der Waals surface area contributed by atoms with Crippen molar-refractivity contribution < 1.29 is 79.7 Å².